The molecule has 0 bridgehead atoms. The summed E-state index contributed by atoms with van der Waals surface area (Å²) in [5.74, 6) is -0.118. The second-order valence-electron chi connectivity index (χ2n) is 8.75. The first-order valence-electron chi connectivity index (χ1n) is 11.6. The highest BCUT2D eigenvalue weighted by Gasteiger charge is 2.34. The van der Waals surface area contributed by atoms with E-state index in [-0.39, 0.29) is 34.9 Å². The third-order valence-corrected chi connectivity index (χ3v) is 6.16. The number of methoxy groups -OCH3 is 1. The Morgan fingerprint density at radius 2 is 1.65 bits per heavy atom. The Balaban J connectivity index is 1.59. The van der Waals surface area contributed by atoms with Crippen LogP contribution in [-0.4, -0.2) is 29.3 Å². The molecule has 1 N–H and O–H groups in total. The van der Waals surface area contributed by atoms with Crippen LogP contribution in [0.3, 0.4) is 0 Å². The number of ether oxygens (including phenoxy) is 1. The van der Waals surface area contributed by atoms with Crippen LogP contribution in [0.2, 0.25) is 0 Å². The van der Waals surface area contributed by atoms with Gasteiger partial charge in [0, 0.05) is 17.2 Å². The number of esters is 1. The minimum Gasteiger partial charge on any atom is -0.468 e. The second-order valence-corrected chi connectivity index (χ2v) is 8.75. The highest BCUT2D eigenvalue weighted by atomic mass is 19.4. The lowest BCUT2D eigenvalue weighted by Gasteiger charge is -2.18. The molecule has 0 radical (unpaired) electrons. The van der Waals surface area contributed by atoms with Crippen molar-refractivity contribution in [1.82, 2.24) is 15.5 Å². The summed E-state index contributed by atoms with van der Waals surface area (Å²) in [4.78, 5) is 16.0. The lowest BCUT2D eigenvalue weighted by Crippen LogP contribution is -2.36. The number of hydrogen-bond donors (Lipinski definition) is 1. The van der Waals surface area contributed by atoms with Gasteiger partial charge in [0.25, 0.3) is 5.89 Å². The first-order valence-corrected chi connectivity index (χ1v) is 11.6. The lowest BCUT2D eigenvalue weighted by atomic mass is 9.94. The Morgan fingerprint density at radius 1 is 0.973 bits per heavy atom. The van der Waals surface area contributed by atoms with Crippen molar-refractivity contribution in [2.24, 2.45) is 0 Å². The Morgan fingerprint density at radius 3 is 2.30 bits per heavy atom. The molecule has 0 unspecified atom stereocenters. The molecule has 2 atom stereocenters. The first kappa shape index (κ1) is 26.1. The smallest absolute Gasteiger partial charge is 0.417 e. The molecule has 0 aliphatic heterocycles. The minimum absolute atomic E-state index is 0.0113. The Bertz CT molecular complexity index is 1400. The molecule has 192 valence electrons. The SMILES string of the molecule is COC(=O)[C@H](C)N[C@H](C)c1ccc(-c2noc(-c3ccc(-c4ccccc4C)c(C(F)(F)F)c3)n2)cc1. The summed E-state index contributed by atoms with van der Waals surface area (Å²) < 4.78 is 52.0. The molecule has 0 saturated carbocycles. The molecule has 4 aromatic rings. The largest absolute Gasteiger partial charge is 0.468 e. The topological polar surface area (TPSA) is 77.2 Å². The lowest BCUT2D eigenvalue weighted by molar-refractivity contribution is -0.142. The van der Waals surface area contributed by atoms with E-state index < -0.39 is 17.8 Å². The molecule has 0 fully saturated rings. The van der Waals surface area contributed by atoms with E-state index in [1.165, 1.54) is 13.2 Å². The third-order valence-electron chi connectivity index (χ3n) is 6.16. The van der Waals surface area contributed by atoms with Crippen LogP contribution in [0.15, 0.2) is 71.3 Å². The van der Waals surface area contributed by atoms with Gasteiger partial charge in [-0.1, -0.05) is 59.8 Å². The average molecular weight is 510 g/mol. The summed E-state index contributed by atoms with van der Waals surface area (Å²) in [6.45, 7) is 5.41. The van der Waals surface area contributed by atoms with Gasteiger partial charge < -0.3 is 9.26 Å². The first-order chi connectivity index (χ1) is 17.6. The van der Waals surface area contributed by atoms with Gasteiger partial charge in [0.2, 0.25) is 5.82 Å². The molecule has 0 saturated heterocycles. The van der Waals surface area contributed by atoms with Gasteiger partial charge in [0.05, 0.1) is 12.7 Å². The van der Waals surface area contributed by atoms with E-state index in [9.17, 15) is 18.0 Å². The van der Waals surface area contributed by atoms with Crippen molar-refractivity contribution in [1.29, 1.82) is 0 Å². The fraction of sp³-hybridized carbons (Fsp3) is 0.250. The van der Waals surface area contributed by atoms with Crippen LogP contribution in [0.1, 0.15) is 36.6 Å². The van der Waals surface area contributed by atoms with Gasteiger partial charge in [-0.05, 0) is 55.2 Å². The molecule has 1 aromatic heterocycles. The van der Waals surface area contributed by atoms with Crippen molar-refractivity contribution in [3.63, 3.8) is 0 Å². The van der Waals surface area contributed by atoms with Crippen LogP contribution in [0.5, 0.6) is 0 Å². The van der Waals surface area contributed by atoms with Crippen LogP contribution in [0.25, 0.3) is 34.0 Å². The zero-order valence-electron chi connectivity index (χ0n) is 20.8. The van der Waals surface area contributed by atoms with Gasteiger partial charge in [-0.15, -0.1) is 0 Å². The summed E-state index contributed by atoms with van der Waals surface area (Å²) in [6.07, 6.45) is -4.57. The molecule has 0 aliphatic carbocycles. The molecule has 3 aromatic carbocycles. The minimum atomic E-state index is -4.57. The number of carbonyl (C=O) groups excluding carboxylic acids is 1. The van der Waals surface area contributed by atoms with E-state index in [4.69, 9.17) is 9.26 Å². The molecular formula is C28H26F3N3O3. The highest BCUT2D eigenvalue weighted by Crippen LogP contribution is 2.40. The maximum atomic E-state index is 14.0. The van der Waals surface area contributed by atoms with E-state index in [1.807, 2.05) is 19.1 Å². The molecule has 0 spiro atoms. The molecule has 0 aliphatic rings. The van der Waals surface area contributed by atoms with E-state index in [2.05, 4.69) is 15.5 Å². The van der Waals surface area contributed by atoms with Crippen LogP contribution in [-0.2, 0) is 15.7 Å². The normalized spacial score (nSPS) is 13.3. The molecule has 6 nitrogen and oxygen atoms in total. The zero-order chi connectivity index (χ0) is 26.7. The zero-order valence-corrected chi connectivity index (χ0v) is 20.8. The number of nitrogens with one attached hydrogen (secondary N) is 1. The summed E-state index contributed by atoms with van der Waals surface area (Å²) in [7, 11) is 1.33. The van der Waals surface area contributed by atoms with Crippen LogP contribution >= 0.6 is 0 Å². The highest BCUT2D eigenvalue weighted by molar-refractivity contribution is 5.75. The van der Waals surface area contributed by atoms with Gasteiger partial charge in [0.1, 0.15) is 6.04 Å². The third kappa shape index (κ3) is 5.72. The summed E-state index contributed by atoms with van der Waals surface area (Å²) in [5, 5.41) is 7.12. The predicted molar refractivity (Wildman–Crippen MR) is 133 cm³/mol. The Kier molecular flexibility index (Phi) is 7.45. The van der Waals surface area contributed by atoms with Crippen LogP contribution in [0, 0.1) is 6.92 Å². The molecule has 1 heterocycles. The second kappa shape index (κ2) is 10.6. The quantitative estimate of drug-likeness (QED) is 0.283. The average Bonchev–Trinajstić information content (AvgIpc) is 3.38. The number of benzene rings is 3. The molecule has 0 amide bonds. The van der Waals surface area contributed by atoms with Crippen molar-refractivity contribution in [3.8, 4) is 34.0 Å². The summed E-state index contributed by atoms with van der Waals surface area (Å²) in [5.41, 5.74) is 2.31. The van der Waals surface area contributed by atoms with Gasteiger partial charge in [-0.3, -0.25) is 10.1 Å². The standard InChI is InChI=1S/C28H26F3N3O3/c1-16-7-5-6-8-22(16)23-14-13-21(15-24(23)28(29,30)31)26-33-25(34-37-26)20-11-9-19(10-12-20)17(2)32-18(3)27(35)36-4/h5-15,17-18,32H,1-4H3/t17-,18+/m1/s1. The fourth-order valence-electron chi connectivity index (χ4n) is 4.12. The molecular weight excluding hydrogens is 483 g/mol. The van der Waals surface area contributed by atoms with E-state index in [0.29, 0.717) is 11.1 Å². The van der Waals surface area contributed by atoms with Gasteiger partial charge >= 0.3 is 12.1 Å². The van der Waals surface area contributed by atoms with Crippen molar-refractivity contribution in [2.75, 3.05) is 7.11 Å². The molecule has 4 rings (SSSR count). The van der Waals surface area contributed by atoms with E-state index >= 15 is 0 Å². The fourth-order valence-corrected chi connectivity index (χ4v) is 4.12. The van der Waals surface area contributed by atoms with Crippen molar-refractivity contribution >= 4 is 5.97 Å². The van der Waals surface area contributed by atoms with Crippen molar-refractivity contribution in [2.45, 2.75) is 39.0 Å². The van der Waals surface area contributed by atoms with Crippen molar-refractivity contribution in [3.05, 3.63) is 83.4 Å². The van der Waals surface area contributed by atoms with Gasteiger partial charge in [0.15, 0.2) is 0 Å². The monoisotopic (exact) mass is 509 g/mol. The van der Waals surface area contributed by atoms with Crippen molar-refractivity contribution < 1.29 is 27.2 Å². The van der Waals surface area contributed by atoms with Gasteiger partial charge in [-0.2, -0.15) is 18.2 Å². The number of halogens is 3. The molecule has 9 heteroatoms. The number of carbonyl (C=O) groups is 1. The number of nitrogens with zero attached hydrogens (tertiary/aromatic N) is 2. The molecule has 37 heavy (non-hydrogen) atoms. The Labute approximate surface area is 212 Å². The number of rotatable bonds is 7. The maximum absolute atomic E-state index is 14.0. The van der Waals surface area contributed by atoms with Crippen LogP contribution in [0.4, 0.5) is 13.2 Å². The van der Waals surface area contributed by atoms with E-state index in [1.54, 1.807) is 56.3 Å². The number of aromatic nitrogens is 2. The number of alkyl halides is 3. The van der Waals surface area contributed by atoms with Crippen LogP contribution < -0.4 is 5.32 Å². The Hall–Kier alpha value is -3.98. The summed E-state index contributed by atoms with van der Waals surface area (Å²) in [6, 6.07) is 17.6. The number of hydrogen-bond acceptors (Lipinski definition) is 6. The maximum Gasteiger partial charge on any atom is 0.417 e. The van der Waals surface area contributed by atoms with E-state index in [0.717, 1.165) is 17.2 Å². The van der Waals surface area contributed by atoms with Gasteiger partial charge in [-0.25, -0.2) is 0 Å². The number of aryl methyl sites for hydroxylation is 1. The summed E-state index contributed by atoms with van der Waals surface area (Å²) >= 11 is 0. The predicted octanol–water partition coefficient (Wildman–Crippen LogP) is 6.61.